The normalized spacial score (nSPS) is 31.1. The largest absolute Gasteiger partial charge is 0.484 e. The van der Waals surface area contributed by atoms with E-state index in [0.717, 1.165) is 0 Å². The lowest BCUT2D eigenvalue weighted by Crippen LogP contribution is -2.51. The lowest BCUT2D eigenvalue weighted by Gasteiger charge is -2.34. The predicted octanol–water partition coefficient (Wildman–Crippen LogP) is 1.22. The molecule has 2 amide bonds. The first kappa shape index (κ1) is 16.4. The van der Waals surface area contributed by atoms with Crippen molar-refractivity contribution in [3.63, 3.8) is 0 Å². The molecule has 2 saturated heterocycles. The summed E-state index contributed by atoms with van der Waals surface area (Å²) in [5.74, 6) is 0.692. The van der Waals surface area contributed by atoms with Gasteiger partial charge in [-0.15, -0.1) is 0 Å². The molecule has 1 unspecified atom stereocenters. The summed E-state index contributed by atoms with van der Waals surface area (Å²) < 4.78 is 16.8. The standard InChI is InChI=1S/C18H22N2O5/c1-23-16-10-24-9-13(16)19-17(22)20-7-6-18(11-20)8-14(21)12-4-2-3-5-15(12)25-18/h2-5,13,16H,6-11H2,1H3,(H,19,22)/t13-,16+,18?/m0/s1. The molecule has 7 heteroatoms. The summed E-state index contributed by atoms with van der Waals surface area (Å²) in [6.07, 6.45) is 0.830. The number of nitrogens with zero attached hydrogens (tertiary/aromatic N) is 1. The highest BCUT2D eigenvalue weighted by molar-refractivity contribution is 6.00. The molecule has 7 nitrogen and oxygen atoms in total. The van der Waals surface area contributed by atoms with E-state index >= 15 is 0 Å². The summed E-state index contributed by atoms with van der Waals surface area (Å²) in [6, 6.07) is 6.98. The number of carbonyl (C=O) groups excluding carboxylic acids is 2. The first-order valence-corrected chi connectivity index (χ1v) is 8.57. The number of hydrogen-bond donors (Lipinski definition) is 1. The van der Waals surface area contributed by atoms with Gasteiger partial charge >= 0.3 is 6.03 Å². The molecule has 3 aliphatic rings. The zero-order valence-electron chi connectivity index (χ0n) is 14.2. The van der Waals surface area contributed by atoms with Crippen LogP contribution in [0.2, 0.25) is 0 Å². The molecular weight excluding hydrogens is 324 g/mol. The van der Waals surface area contributed by atoms with Gasteiger partial charge in [0, 0.05) is 20.1 Å². The van der Waals surface area contributed by atoms with Gasteiger partial charge in [0.05, 0.1) is 37.8 Å². The lowest BCUT2D eigenvalue weighted by atomic mass is 9.89. The second kappa shape index (κ2) is 6.31. The summed E-state index contributed by atoms with van der Waals surface area (Å²) in [7, 11) is 1.61. The van der Waals surface area contributed by atoms with Gasteiger partial charge in [-0.1, -0.05) is 12.1 Å². The minimum Gasteiger partial charge on any atom is -0.484 e. The molecule has 3 heterocycles. The molecule has 1 aromatic carbocycles. The van der Waals surface area contributed by atoms with Crippen LogP contribution >= 0.6 is 0 Å². The van der Waals surface area contributed by atoms with Crippen LogP contribution in [-0.2, 0) is 9.47 Å². The van der Waals surface area contributed by atoms with Crippen molar-refractivity contribution < 1.29 is 23.8 Å². The molecule has 0 bridgehead atoms. The van der Waals surface area contributed by atoms with Crippen LogP contribution in [0.25, 0.3) is 0 Å². The minimum atomic E-state index is -0.615. The van der Waals surface area contributed by atoms with Gasteiger partial charge < -0.3 is 24.4 Å². The third-order valence-electron chi connectivity index (χ3n) is 5.24. The third-order valence-corrected chi connectivity index (χ3v) is 5.24. The van der Waals surface area contributed by atoms with E-state index in [2.05, 4.69) is 5.32 Å². The molecule has 3 atom stereocenters. The smallest absolute Gasteiger partial charge is 0.317 e. The summed E-state index contributed by atoms with van der Waals surface area (Å²) in [5.41, 5.74) is 0.0114. The fraction of sp³-hybridized carbons (Fsp3) is 0.556. The molecule has 4 rings (SSSR count). The highest BCUT2D eigenvalue weighted by Gasteiger charge is 2.47. The van der Waals surface area contributed by atoms with E-state index in [1.807, 2.05) is 18.2 Å². The first-order valence-electron chi connectivity index (χ1n) is 8.57. The van der Waals surface area contributed by atoms with E-state index in [9.17, 15) is 9.59 Å². The van der Waals surface area contributed by atoms with Gasteiger partial charge in [-0.25, -0.2) is 4.79 Å². The SMILES string of the molecule is CO[C@@H]1COC[C@@H]1NC(=O)N1CCC2(CC(=O)c3ccccc3O2)C1. The summed E-state index contributed by atoms with van der Waals surface area (Å²) >= 11 is 0. The molecule has 25 heavy (non-hydrogen) atoms. The highest BCUT2D eigenvalue weighted by Crippen LogP contribution is 2.38. The van der Waals surface area contributed by atoms with Crippen molar-refractivity contribution in [3.05, 3.63) is 29.8 Å². The second-order valence-electron chi connectivity index (χ2n) is 6.92. The Bertz CT molecular complexity index is 694. The number of benzene rings is 1. The Hall–Kier alpha value is -2.12. The van der Waals surface area contributed by atoms with E-state index < -0.39 is 5.60 Å². The summed E-state index contributed by atoms with van der Waals surface area (Å²) in [6.45, 7) is 1.90. The lowest BCUT2D eigenvalue weighted by molar-refractivity contribution is 0.0473. The Kier molecular flexibility index (Phi) is 4.13. The van der Waals surface area contributed by atoms with Crippen LogP contribution in [0.4, 0.5) is 4.79 Å². The zero-order chi connectivity index (χ0) is 17.4. The average molecular weight is 346 g/mol. The van der Waals surface area contributed by atoms with Gasteiger partial charge in [-0.3, -0.25) is 4.79 Å². The van der Waals surface area contributed by atoms with E-state index in [-0.39, 0.29) is 24.0 Å². The number of carbonyl (C=O) groups is 2. The fourth-order valence-corrected chi connectivity index (χ4v) is 3.84. The Balaban J connectivity index is 1.43. The Morgan fingerprint density at radius 1 is 1.36 bits per heavy atom. The van der Waals surface area contributed by atoms with E-state index in [4.69, 9.17) is 14.2 Å². The van der Waals surface area contributed by atoms with Crippen molar-refractivity contribution in [1.82, 2.24) is 10.2 Å². The molecule has 0 aromatic heterocycles. The van der Waals surface area contributed by atoms with Crippen LogP contribution in [0.1, 0.15) is 23.2 Å². The van der Waals surface area contributed by atoms with Crippen LogP contribution in [-0.4, -0.2) is 67.9 Å². The molecule has 1 spiro atoms. The molecule has 2 fully saturated rings. The quantitative estimate of drug-likeness (QED) is 0.871. The van der Waals surface area contributed by atoms with Gasteiger partial charge in [-0.2, -0.15) is 0 Å². The van der Waals surface area contributed by atoms with Crippen molar-refractivity contribution in [3.8, 4) is 5.75 Å². The number of Topliss-reactive ketones (excluding diaryl/α,β-unsaturated/α-hetero) is 1. The number of fused-ring (bicyclic) bond motifs is 1. The zero-order valence-corrected chi connectivity index (χ0v) is 14.2. The Morgan fingerprint density at radius 2 is 2.20 bits per heavy atom. The molecule has 1 N–H and O–H groups in total. The van der Waals surface area contributed by atoms with E-state index in [1.165, 1.54) is 0 Å². The highest BCUT2D eigenvalue weighted by atomic mass is 16.5. The maximum atomic E-state index is 12.6. The van der Waals surface area contributed by atoms with Gasteiger partial charge in [0.1, 0.15) is 17.5 Å². The van der Waals surface area contributed by atoms with Crippen LogP contribution in [0.3, 0.4) is 0 Å². The molecule has 3 aliphatic heterocycles. The predicted molar refractivity (Wildman–Crippen MR) is 88.9 cm³/mol. The van der Waals surface area contributed by atoms with Crippen LogP contribution in [0.15, 0.2) is 24.3 Å². The maximum absolute atomic E-state index is 12.6. The number of rotatable bonds is 2. The maximum Gasteiger partial charge on any atom is 0.317 e. The average Bonchev–Trinajstić information content (AvgIpc) is 3.22. The fourth-order valence-electron chi connectivity index (χ4n) is 3.84. The number of para-hydroxylation sites is 1. The van der Waals surface area contributed by atoms with Gasteiger partial charge in [0.15, 0.2) is 5.78 Å². The van der Waals surface area contributed by atoms with Crippen molar-refractivity contribution in [2.45, 2.75) is 30.6 Å². The van der Waals surface area contributed by atoms with Crippen molar-refractivity contribution in [2.24, 2.45) is 0 Å². The van der Waals surface area contributed by atoms with Crippen molar-refractivity contribution >= 4 is 11.8 Å². The minimum absolute atomic E-state index is 0.0766. The molecule has 0 saturated carbocycles. The monoisotopic (exact) mass is 346 g/mol. The van der Waals surface area contributed by atoms with Crippen molar-refractivity contribution in [1.29, 1.82) is 0 Å². The molecule has 0 aliphatic carbocycles. The number of ether oxygens (including phenoxy) is 3. The van der Waals surface area contributed by atoms with Gasteiger partial charge in [0.2, 0.25) is 0 Å². The molecule has 0 radical (unpaired) electrons. The molecular formula is C18H22N2O5. The van der Waals surface area contributed by atoms with Gasteiger partial charge in [-0.05, 0) is 12.1 Å². The Labute approximate surface area is 146 Å². The molecule has 1 aromatic rings. The first-order chi connectivity index (χ1) is 12.1. The number of amides is 2. The molecule has 134 valence electrons. The van der Waals surface area contributed by atoms with Crippen LogP contribution in [0.5, 0.6) is 5.75 Å². The van der Waals surface area contributed by atoms with Crippen LogP contribution in [0, 0.1) is 0 Å². The number of nitrogens with one attached hydrogen (secondary N) is 1. The number of urea groups is 1. The second-order valence-corrected chi connectivity index (χ2v) is 6.92. The van der Waals surface area contributed by atoms with E-state index in [1.54, 1.807) is 18.1 Å². The number of methoxy groups -OCH3 is 1. The third kappa shape index (κ3) is 2.98. The topological polar surface area (TPSA) is 77.1 Å². The van der Waals surface area contributed by atoms with Gasteiger partial charge in [0.25, 0.3) is 0 Å². The van der Waals surface area contributed by atoms with Crippen LogP contribution < -0.4 is 10.1 Å². The number of hydrogen-bond acceptors (Lipinski definition) is 5. The summed E-state index contributed by atoms with van der Waals surface area (Å²) in [5, 5.41) is 2.97. The summed E-state index contributed by atoms with van der Waals surface area (Å²) in [4.78, 5) is 26.7. The number of likely N-dealkylation sites (tertiary alicyclic amines) is 1. The van der Waals surface area contributed by atoms with Crippen molar-refractivity contribution in [2.75, 3.05) is 33.4 Å². The Morgan fingerprint density at radius 3 is 3.04 bits per heavy atom. The van der Waals surface area contributed by atoms with E-state index in [0.29, 0.717) is 50.5 Å². The number of ketones is 1.